The predicted molar refractivity (Wildman–Crippen MR) is 140 cm³/mol. The minimum atomic E-state index is -1.13. The summed E-state index contributed by atoms with van der Waals surface area (Å²) in [5.74, 6) is -1.22. The monoisotopic (exact) mass is 513 g/mol. The first-order valence-corrected chi connectivity index (χ1v) is 14.0. The molecule has 4 rings (SSSR count). The van der Waals surface area contributed by atoms with Gasteiger partial charge >= 0.3 is 5.97 Å². The van der Waals surface area contributed by atoms with Gasteiger partial charge in [0.05, 0.1) is 41.4 Å². The molecule has 0 radical (unpaired) electrons. The number of esters is 1. The molecule has 3 aliphatic rings. The molecule has 2 saturated heterocycles. The first-order chi connectivity index (χ1) is 17.6. The second-order valence-corrected chi connectivity index (χ2v) is 11.7. The lowest BCUT2D eigenvalue weighted by Crippen LogP contribution is -2.53. The Morgan fingerprint density at radius 2 is 1.95 bits per heavy atom. The lowest BCUT2D eigenvalue weighted by molar-refractivity contribution is -0.162. The lowest BCUT2D eigenvalue weighted by atomic mass is 9.58. The number of hydrogen-bond acceptors (Lipinski definition) is 7. The Bertz CT molecular complexity index is 989. The highest BCUT2D eigenvalue weighted by Crippen LogP contribution is 2.49. The van der Waals surface area contributed by atoms with Crippen LogP contribution in [0.2, 0.25) is 0 Å². The molecule has 0 amide bonds. The minimum absolute atomic E-state index is 0.0432. The molecule has 1 saturated carbocycles. The van der Waals surface area contributed by atoms with Gasteiger partial charge in [-0.3, -0.25) is 14.6 Å². The maximum atomic E-state index is 13.7. The third-order valence-electron chi connectivity index (χ3n) is 9.15. The molecule has 3 fully saturated rings. The summed E-state index contributed by atoms with van der Waals surface area (Å²) in [6, 6.07) is 5.66. The van der Waals surface area contributed by atoms with Gasteiger partial charge in [0.25, 0.3) is 0 Å². The van der Waals surface area contributed by atoms with Gasteiger partial charge in [-0.15, -0.1) is 0 Å². The molecule has 7 atom stereocenters. The molecule has 2 N–H and O–H groups in total. The van der Waals surface area contributed by atoms with Crippen molar-refractivity contribution in [2.45, 2.75) is 115 Å². The van der Waals surface area contributed by atoms with Crippen LogP contribution >= 0.6 is 0 Å². The summed E-state index contributed by atoms with van der Waals surface area (Å²) in [5.41, 5.74) is 0.356. The first-order valence-electron chi connectivity index (χ1n) is 14.0. The Labute approximate surface area is 220 Å². The van der Waals surface area contributed by atoms with Crippen molar-refractivity contribution in [2.75, 3.05) is 0 Å². The zero-order chi connectivity index (χ0) is 26.8. The molecule has 1 spiro atoms. The Morgan fingerprint density at radius 3 is 2.57 bits per heavy atom. The van der Waals surface area contributed by atoms with Gasteiger partial charge in [0, 0.05) is 18.5 Å². The maximum Gasteiger partial charge on any atom is 0.309 e. The lowest BCUT2D eigenvalue weighted by Gasteiger charge is -2.46. The molecule has 3 heterocycles. The number of Topliss-reactive ketones (excluding diaryl/α,β-unsaturated/α-hetero) is 1. The quantitative estimate of drug-likeness (QED) is 0.448. The number of epoxide rings is 1. The highest BCUT2D eigenvalue weighted by atomic mass is 16.6. The standard InChI is InChI=1S/C30H43NO6/c1-5-22-27(34)19(2)10-8-12-29(4)25(37-29)17-23(20(3)16-21-11-6-7-15-31-21)36-26(33)18-24(32)30(28(22)35)13-9-14-30/h6-7,11,15-16,19,22-25,27,32,34H,5,8-10,12-14,17-18H2,1-4H3/t19-,22+,23-,24-,25-,27-,29-/m0/s1. The van der Waals surface area contributed by atoms with E-state index in [1.165, 1.54) is 0 Å². The van der Waals surface area contributed by atoms with E-state index in [2.05, 4.69) is 11.9 Å². The summed E-state index contributed by atoms with van der Waals surface area (Å²) >= 11 is 0. The largest absolute Gasteiger partial charge is 0.458 e. The van der Waals surface area contributed by atoms with Crippen LogP contribution in [0.1, 0.15) is 91.2 Å². The van der Waals surface area contributed by atoms with Crippen LogP contribution in [-0.4, -0.2) is 57.0 Å². The zero-order valence-electron chi connectivity index (χ0n) is 22.7. The molecule has 0 aromatic carbocycles. The molecule has 7 heteroatoms. The van der Waals surface area contributed by atoms with Gasteiger partial charge in [0.2, 0.25) is 0 Å². The first kappa shape index (κ1) is 27.9. The van der Waals surface area contributed by atoms with Crippen LogP contribution in [0.5, 0.6) is 0 Å². The summed E-state index contributed by atoms with van der Waals surface area (Å²) in [6.07, 6.45) is 6.36. The van der Waals surface area contributed by atoms with Crippen LogP contribution in [0.3, 0.4) is 0 Å². The minimum Gasteiger partial charge on any atom is -0.458 e. The Hall–Kier alpha value is -2.09. The third-order valence-corrected chi connectivity index (χ3v) is 9.15. The number of ether oxygens (including phenoxy) is 2. The summed E-state index contributed by atoms with van der Waals surface area (Å²) in [4.78, 5) is 31.2. The average Bonchev–Trinajstić information content (AvgIpc) is 3.46. The van der Waals surface area contributed by atoms with E-state index < -0.39 is 35.6 Å². The van der Waals surface area contributed by atoms with Gasteiger partial charge in [-0.25, -0.2) is 0 Å². The molecule has 1 aromatic rings. The fourth-order valence-electron chi connectivity index (χ4n) is 6.27. The fourth-order valence-corrected chi connectivity index (χ4v) is 6.27. The maximum absolute atomic E-state index is 13.7. The van der Waals surface area contributed by atoms with Crippen molar-refractivity contribution in [1.82, 2.24) is 4.98 Å². The van der Waals surface area contributed by atoms with Gasteiger partial charge in [-0.05, 0) is 75.7 Å². The van der Waals surface area contributed by atoms with Crippen molar-refractivity contribution in [2.24, 2.45) is 17.3 Å². The number of rotatable bonds is 3. The number of fused-ring (bicyclic) bond motifs is 1. The summed E-state index contributed by atoms with van der Waals surface area (Å²) < 4.78 is 12.0. The molecular weight excluding hydrogens is 470 g/mol. The van der Waals surface area contributed by atoms with Crippen molar-refractivity contribution in [1.29, 1.82) is 0 Å². The van der Waals surface area contributed by atoms with E-state index in [4.69, 9.17) is 9.47 Å². The van der Waals surface area contributed by atoms with E-state index >= 15 is 0 Å². The van der Waals surface area contributed by atoms with Crippen LogP contribution < -0.4 is 0 Å². The number of aromatic nitrogens is 1. The molecule has 7 nitrogen and oxygen atoms in total. The van der Waals surface area contributed by atoms with Crippen molar-refractivity contribution in [3.8, 4) is 0 Å². The Balaban J connectivity index is 1.60. The molecule has 37 heavy (non-hydrogen) atoms. The summed E-state index contributed by atoms with van der Waals surface area (Å²) in [6.45, 7) is 7.92. The van der Waals surface area contributed by atoms with E-state index in [9.17, 15) is 19.8 Å². The van der Waals surface area contributed by atoms with E-state index in [0.717, 1.165) is 37.0 Å². The smallest absolute Gasteiger partial charge is 0.309 e. The number of ketones is 1. The topological polar surface area (TPSA) is 109 Å². The van der Waals surface area contributed by atoms with E-state index in [0.29, 0.717) is 25.7 Å². The highest BCUT2D eigenvalue weighted by Gasteiger charge is 2.55. The van der Waals surface area contributed by atoms with Crippen molar-refractivity contribution < 1.29 is 29.3 Å². The zero-order valence-corrected chi connectivity index (χ0v) is 22.7. The number of cyclic esters (lactones) is 1. The van der Waals surface area contributed by atoms with E-state index in [-0.39, 0.29) is 29.8 Å². The number of hydrogen-bond donors (Lipinski definition) is 2. The van der Waals surface area contributed by atoms with Crippen LogP contribution in [0, 0.1) is 17.3 Å². The Morgan fingerprint density at radius 1 is 1.19 bits per heavy atom. The van der Waals surface area contributed by atoms with Crippen LogP contribution in [0.15, 0.2) is 30.0 Å². The highest BCUT2D eigenvalue weighted by molar-refractivity contribution is 5.89. The molecule has 1 aliphatic carbocycles. The number of nitrogens with zero attached hydrogens (tertiary/aromatic N) is 1. The molecule has 0 bridgehead atoms. The van der Waals surface area contributed by atoms with E-state index in [1.54, 1.807) is 6.20 Å². The second kappa shape index (κ2) is 11.3. The number of aliphatic hydroxyl groups is 2. The molecule has 2 aliphatic heterocycles. The SMILES string of the molecule is CC[C@H]1C(=O)C2(CCC2)[C@@H](O)CC(=O)O[C@H](C(C)=Cc2ccccn2)C[C@@H]2O[C@@]2(C)CCC[C@H](C)[C@@H]1O. The average molecular weight is 514 g/mol. The molecule has 0 unspecified atom stereocenters. The normalized spacial score (nSPS) is 37.4. The molecular formula is C30H43NO6. The molecule has 1 aromatic heterocycles. The summed E-state index contributed by atoms with van der Waals surface area (Å²) in [7, 11) is 0. The number of aliphatic hydroxyl groups excluding tert-OH is 2. The predicted octanol–water partition coefficient (Wildman–Crippen LogP) is 4.64. The summed E-state index contributed by atoms with van der Waals surface area (Å²) in [5, 5.41) is 22.3. The fraction of sp³-hybridized carbons (Fsp3) is 0.700. The molecule has 204 valence electrons. The number of pyridine rings is 1. The van der Waals surface area contributed by atoms with Gasteiger partial charge in [-0.1, -0.05) is 32.8 Å². The van der Waals surface area contributed by atoms with Crippen LogP contribution in [-0.2, 0) is 19.1 Å². The Kier molecular flexibility index (Phi) is 8.56. The number of carbonyl (C=O) groups is 2. The number of carbonyl (C=O) groups excluding carboxylic acids is 2. The second-order valence-electron chi connectivity index (χ2n) is 11.7. The van der Waals surface area contributed by atoms with E-state index in [1.807, 2.05) is 45.0 Å². The van der Waals surface area contributed by atoms with Crippen molar-refractivity contribution in [3.63, 3.8) is 0 Å². The van der Waals surface area contributed by atoms with Gasteiger partial charge < -0.3 is 19.7 Å². The van der Waals surface area contributed by atoms with Gasteiger partial charge in [0.1, 0.15) is 11.9 Å². The van der Waals surface area contributed by atoms with Crippen LogP contribution in [0.4, 0.5) is 0 Å². The third kappa shape index (κ3) is 5.99. The van der Waals surface area contributed by atoms with Crippen molar-refractivity contribution in [3.05, 3.63) is 35.7 Å². The van der Waals surface area contributed by atoms with Crippen LogP contribution in [0.25, 0.3) is 6.08 Å². The van der Waals surface area contributed by atoms with Gasteiger partial charge in [-0.2, -0.15) is 0 Å². The van der Waals surface area contributed by atoms with Crippen molar-refractivity contribution >= 4 is 17.8 Å². The van der Waals surface area contributed by atoms with Gasteiger partial charge in [0.15, 0.2) is 0 Å².